The molecule has 0 radical (unpaired) electrons. The van der Waals surface area contributed by atoms with Gasteiger partial charge in [0, 0.05) is 12.2 Å². The molecule has 1 N–H and O–H groups in total. The zero-order valence-corrected chi connectivity index (χ0v) is 20.9. The number of ether oxygens (including phenoxy) is 4. The molecule has 35 heavy (non-hydrogen) atoms. The standard InChI is InChI=1S/C27H29FN2O4S/c1-4-33-21-11-7-20(8-12-21)29-27(35)30-14-13-18-15-25(31-2)26(32-3)16-23(18)24(30)17-34-22-9-5-19(28)6-10-22/h5-12,15-16,24H,4,13-14,17H2,1-3H3,(H,29,35)/t24-/m0/s1. The normalized spacial score (nSPS) is 14.6. The molecule has 8 heteroatoms. The van der Waals surface area contributed by atoms with Gasteiger partial charge in [0.05, 0.1) is 26.9 Å². The summed E-state index contributed by atoms with van der Waals surface area (Å²) in [5, 5.41) is 3.92. The summed E-state index contributed by atoms with van der Waals surface area (Å²) in [6, 6.07) is 17.5. The second-order valence-electron chi connectivity index (χ2n) is 8.02. The minimum absolute atomic E-state index is 0.189. The lowest BCUT2D eigenvalue weighted by Crippen LogP contribution is -2.44. The summed E-state index contributed by atoms with van der Waals surface area (Å²) in [5.74, 6) is 2.42. The first-order chi connectivity index (χ1) is 17.0. The van der Waals surface area contributed by atoms with Crippen molar-refractivity contribution in [3.63, 3.8) is 0 Å². The summed E-state index contributed by atoms with van der Waals surface area (Å²) in [7, 11) is 3.25. The van der Waals surface area contributed by atoms with E-state index >= 15 is 0 Å². The number of fused-ring (bicyclic) bond motifs is 1. The second-order valence-corrected chi connectivity index (χ2v) is 8.40. The molecule has 0 bridgehead atoms. The summed E-state index contributed by atoms with van der Waals surface area (Å²) in [4.78, 5) is 2.11. The van der Waals surface area contributed by atoms with Crippen LogP contribution in [-0.2, 0) is 6.42 Å². The van der Waals surface area contributed by atoms with Gasteiger partial charge < -0.3 is 29.2 Å². The number of thiocarbonyl (C=S) groups is 1. The van der Waals surface area contributed by atoms with Crippen LogP contribution in [0.1, 0.15) is 24.1 Å². The highest BCUT2D eigenvalue weighted by Gasteiger charge is 2.31. The highest BCUT2D eigenvalue weighted by Crippen LogP contribution is 2.38. The Morgan fingerprint density at radius 2 is 1.60 bits per heavy atom. The zero-order valence-electron chi connectivity index (χ0n) is 20.0. The van der Waals surface area contributed by atoms with E-state index in [0.717, 1.165) is 29.0 Å². The van der Waals surface area contributed by atoms with Crippen LogP contribution in [0.25, 0.3) is 0 Å². The van der Waals surface area contributed by atoms with Crippen LogP contribution in [-0.4, -0.2) is 44.0 Å². The average molecular weight is 497 g/mol. The van der Waals surface area contributed by atoms with Crippen molar-refractivity contribution in [2.24, 2.45) is 0 Å². The number of methoxy groups -OCH3 is 2. The lowest BCUT2D eigenvalue weighted by molar-refractivity contribution is 0.190. The number of nitrogens with one attached hydrogen (secondary N) is 1. The van der Waals surface area contributed by atoms with Crippen molar-refractivity contribution in [3.05, 3.63) is 77.6 Å². The van der Waals surface area contributed by atoms with E-state index in [-0.39, 0.29) is 11.9 Å². The highest BCUT2D eigenvalue weighted by atomic mass is 32.1. The number of nitrogens with zero attached hydrogens (tertiary/aromatic N) is 1. The third-order valence-electron chi connectivity index (χ3n) is 5.90. The molecule has 184 valence electrons. The molecule has 3 aromatic carbocycles. The molecule has 0 saturated carbocycles. The van der Waals surface area contributed by atoms with Crippen LogP contribution in [0.2, 0.25) is 0 Å². The summed E-state index contributed by atoms with van der Waals surface area (Å²) in [6.07, 6.45) is 0.786. The van der Waals surface area contributed by atoms with Crippen molar-refractivity contribution in [1.82, 2.24) is 4.90 Å². The van der Waals surface area contributed by atoms with E-state index in [4.69, 9.17) is 31.2 Å². The monoisotopic (exact) mass is 496 g/mol. The van der Waals surface area contributed by atoms with Gasteiger partial charge in [0.1, 0.15) is 23.9 Å². The van der Waals surface area contributed by atoms with Crippen molar-refractivity contribution in [1.29, 1.82) is 0 Å². The van der Waals surface area contributed by atoms with E-state index in [1.807, 2.05) is 43.3 Å². The molecule has 0 unspecified atom stereocenters. The van der Waals surface area contributed by atoms with Crippen molar-refractivity contribution >= 4 is 23.0 Å². The van der Waals surface area contributed by atoms with Crippen molar-refractivity contribution in [2.45, 2.75) is 19.4 Å². The fourth-order valence-corrected chi connectivity index (χ4v) is 4.49. The summed E-state index contributed by atoms with van der Waals surface area (Å²) >= 11 is 5.83. The Kier molecular flexibility index (Phi) is 7.92. The molecule has 1 atom stereocenters. The lowest BCUT2D eigenvalue weighted by Gasteiger charge is -2.39. The predicted molar refractivity (Wildman–Crippen MR) is 138 cm³/mol. The fourth-order valence-electron chi connectivity index (χ4n) is 4.15. The first-order valence-corrected chi connectivity index (χ1v) is 11.9. The molecule has 6 nitrogen and oxygen atoms in total. The molecular weight excluding hydrogens is 467 g/mol. The predicted octanol–water partition coefficient (Wildman–Crippen LogP) is 5.62. The van der Waals surface area contributed by atoms with Gasteiger partial charge >= 0.3 is 0 Å². The number of halogens is 1. The van der Waals surface area contributed by atoms with Gasteiger partial charge in [-0.15, -0.1) is 0 Å². The van der Waals surface area contributed by atoms with Gasteiger partial charge in [0.2, 0.25) is 0 Å². The van der Waals surface area contributed by atoms with Gasteiger partial charge in [0.15, 0.2) is 16.6 Å². The topological polar surface area (TPSA) is 52.2 Å². The third kappa shape index (κ3) is 5.77. The molecule has 0 amide bonds. The molecule has 1 heterocycles. The van der Waals surface area contributed by atoms with Gasteiger partial charge in [-0.2, -0.15) is 0 Å². The summed E-state index contributed by atoms with van der Waals surface area (Å²) < 4.78 is 36.0. The fraction of sp³-hybridized carbons (Fsp3) is 0.296. The SMILES string of the molecule is CCOc1ccc(NC(=S)N2CCc3cc(OC)c(OC)cc3[C@@H]2COc2ccc(F)cc2)cc1. The van der Waals surface area contributed by atoms with Crippen LogP contribution in [0, 0.1) is 5.82 Å². The maximum absolute atomic E-state index is 13.4. The Hall–Kier alpha value is -3.52. The van der Waals surface area contributed by atoms with Crippen LogP contribution < -0.4 is 24.3 Å². The molecule has 4 rings (SSSR count). The van der Waals surface area contributed by atoms with Gasteiger partial charge in [-0.3, -0.25) is 0 Å². The Morgan fingerprint density at radius 3 is 2.26 bits per heavy atom. The molecule has 0 fully saturated rings. The van der Waals surface area contributed by atoms with E-state index in [2.05, 4.69) is 10.2 Å². The van der Waals surface area contributed by atoms with Gasteiger partial charge in [0.25, 0.3) is 0 Å². The second kappa shape index (κ2) is 11.3. The third-order valence-corrected chi connectivity index (χ3v) is 6.24. The minimum atomic E-state index is -0.306. The molecule has 0 aromatic heterocycles. The quantitative estimate of drug-likeness (QED) is 0.407. The summed E-state index contributed by atoms with van der Waals surface area (Å²) in [5.41, 5.74) is 3.07. The molecule has 1 aliphatic heterocycles. The van der Waals surface area contributed by atoms with Crippen LogP contribution >= 0.6 is 12.2 Å². The van der Waals surface area contributed by atoms with E-state index < -0.39 is 0 Å². The molecular formula is C27H29FN2O4S. The number of anilines is 1. The molecule has 0 spiro atoms. The van der Waals surface area contributed by atoms with E-state index in [1.165, 1.54) is 12.1 Å². The Balaban J connectivity index is 1.60. The van der Waals surface area contributed by atoms with Crippen LogP contribution in [0.3, 0.4) is 0 Å². The van der Waals surface area contributed by atoms with Crippen molar-refractivity contribution in [2.75, 3.05) is 39.3 Å². The van der Waals surface area contributed by atoms with E-state index in [9.17, 15) is 4.39 Å². The smallest absolute Gasteiger partial charge is 0.174 e. The maximum atomic E-state index is 13.4. The summed E-state index contributed by atoms with van der Waals surface area (Å²) in [6.45, 7) is 3.58. The first-order valence-electron chi connectivity index (χ1n) is 11.5. The van der Waals surface area contributed by atoms with Gasteiger partial charge in [-0.05, 0) is 97.4 Å². The molecule has 1 aliphatic rings. The zero-order chi connectivity index (χ0) is 24.8. The highest BCUT2D eigenvalue weighted by molar-refractivity contribution is 7.80. The van der Waals surface area contributed by atoms with Gasteiger partial charge in [-0.25, -0.2) is 4.39 Å². The molecule has 0 saturated heterocycles. The first kappa shape index (κ1) is 24.6. The Labute approximate surface area is 210 Å². The minimum Gasteiger partial charge on any atom is -0.494 e. The van der Waals surface area contributed by atoms with Crippen LogP contribution in [0.4, 0.5) is 10.1 Å². The Morgan fingerprint density at radius 1 is 0.971 bits per heavy atom. The largest absolute Gasteiger partial charge is 0.494 e. The maximum Gasteiger partial charge on any atom is 0.174 e. The number of hydrogen-bond acceptors (Lipinski definition) is 5. The lowest BCUT2D eigenvalue weighted by atomic mass is 9.92. The number of benzene rings is 3. The van der Waals surface area contributed by atoms with E-state index in [1.54, 1.807) is 26.4 Å². The number of rotatable bonds is 8. The van der Waals surface area contributed by atoms with Crippen molar-refractivity contribution in [3.8, 4) is 23.0 Å². The molecule has 3 aromatic rings. The average Bonchev–Trinajstić information content (AvgIpc) is 2.88. The van der Waals surface area contributed by atoms with Crippen LogP contribution in [0.15, 0.2) is 60.7 Å². The van der Waals surface area contributed by atoms with Crippen LogP contribution in [0.5, 0.6) is 23.0 Å². The Bertz CT molecular complexity index is 1160. The van der Waals surface area contributed by atoms with Crippen molar-refractivity contribution < 1.29 is 23.3 Å². The molecule has 0 aliphatic carbocycles. The van der Waals surface area contributed by atoms with Gasteiger partial charge in [-0.1, -0.05) is 0 Å². The van der Waals surface area contributed by atoms with E-state index in [0.29, 0.717) is 42.1 Å². The number of hydrogen-bond donors (Lipinski definition) is 1.